The summed E-state index contributed by atoms with van der Waals surface area (Å²) in [7, 11) is 4.53. The number of hydrogen-bond acceptors (Lipinski definition) is 7. The number of benzene rings is 1. The largest absolute Gasteiger partial charge is 0.496 e. The lowest BCUT2D eigenvalue weighted by Gasteiger charge is -2.14. The summed E-state index contributed by atoms with van der Waals surface area (Å²) in [5.74, 6) is 0.670. The van der Waals surface area contributed by atoms with Crippen molar-refractivity contribution < 1.29 is 28.5 Å². The maximum absolute atomic E-state index is 12.5. The molecule has 1 aromatic carbocycles. The first-order chi connectivity index (χ1) is 17.1. The second-order valence-corrected chi connectivity index (χ2v) is 8.70. The number of nitriles is 1. The Morgan fingerprint density at radius 3 is 2.28 bits per heavy atom. The molecule has 0 fully saturated rings. The van der Waals surface area contributed by atoms with Gasteiger partial charge in [0, 0.05) is 36.1 Å². The van der Waals surface area contributed by atoms with Crippen molar-refractivity contribution in [2.75, 3.05) is 27.9 Å². The molecular formula is C27H35N3O6. The van der Waals surface area contributed by atoms with Gasteiger partial charge in [0.2, 0.25) is 0 Å². The Bertz CT molecular complexity index is 1160. The van der Waals surface area contributed by atoms with Crippen LogP contribution in [-0.2, 0) is 27.4 Å². The summed E-state index contributed by atoms with van der Waals surface area (Å²) >= 11 is 0. The molecule has 2 rings (SSSR count). The van der Waals surface area contributed by atoms with Gasteiger partial charge in [-0.15, -0.1) is 0 Å². The monoisotopic (exact) mass is 497 g/mol. The predicted octanol–water partition coefficient (Wildman–Crippen LogP) is 3.94. The molecule has 0 bridgehead atoms. The minimum Gasteiger partial charge on any atom is -0.496 e. The van der Waals surface area contributed by atoms with Gasteiger partial charge in [0.25, 0.3) is 5.91 Å². The molecule has 9 heteroatoms. The summed E-state index contributed by atoms with van der Waals surface area (Å²) in [5.41, 5.74) is 3.27. The Labute approximate surface area is 212 Å². The number of esters is 1. The molecule has 1 amide bonds. The van der Waals surface area contributed by atoms with Gasteiger partial charge in [0.15, 0.2) is 18.1 Å². The Hall–Kier alpha value is -3.93. The van der Waals surface area contributed by atoms with E-state index >= 15 is 0 Å². The number of carbonyl (C=O) groups is 2. The Balaban J connectivity index is 2.02. The van der Waals surface area contributed by atoms with Gasteiger partial charge >= 0.3 is 5.97 Å². The van der Waals surface area contributed by atoms with Crippen molar-refractivity contribution in [2.45, 2.75) is 47.2 Å². The van der Waals surface area contributed by atoms with Gasteiger partial charge in [0.1, 0.15) is 17.4 Å². The van der Waals surface area contributed by atoms with E-state index in [2.05, 4.69) is 23.7 Å². The van der Waals surface area contributed by atoms with Crippen molar-refractivity contribution in [1.29, 1.82) is 5.26 Å². The van der Waals surface area contributed by atoms with E-state index in [9.17, 15) is 14.9 Å². The van der Waals surface area contributed by atoms with Crippen LogP contribution in [0.4, 0.5) is 0 Å². The lowest BCUT2D eigenvalue weighted by atomic mass is 10.1. The average Bonchev–Trinajstić information content (AvgIpc) is 3.13. The van der Waals surface area contributed by atoms with Crippen molar-refractivity contribution in [2.24, 2.45) is 5.92 Å². The number of carbonyl (C=O) groups excluding carboxylic acids is 2. The molecule has 9 nitrogen and oxygen atoms in total. The second-order valence-electron chi connectivity index (χ2n) is 8.70. The minimum absolute atomic E-state index is 0.114. The number of nitrogens with one attached hydrogen (secondary N) is 1. The number of nitrogens with zero attached hydrogens (tertiary/aromatic N) is 2. The molecule has 0 aliphatic heterocycles. The third-order valence-corrected chi connectivity index (χ3v) is 5.78. The summed E-state index contributed by atoms with van der Waals surface area (Å²) < 4.78 is 23.1. The zero-order valence-corrected chi connectivity index (χ0v) is 22.1. The van der Waals surface area contributed by atoms with Crippen molar-refractivity contribution >= 4 is 18.0 Å². The van der Waals surface area contributed by atoms with Crippen LogP contribution in [0, 0.1) is 31.1 Å². The van der Waals surface area contributed by atoms with Gasteiger partial charge < -0.3 is 28.8 Å². The van der Waals surface area contributed by atoms with Gasteiger partial charge in [-0.3, -0.25) is 4.79 Å². The highest BCUT2D eigenvalue weighted by Gasteiger charge is 2.17. The van der Waals surface area contributed by atoms with E-state index < -0.39 is 18.5 Å². The van der Waals surface area contributed by atoms with Crippen LogP contribution in [0.3, 0.4) is 0 Å². The molecule has 194 valence electrons. The van der Waals surface area contributed by atoms with E-state index in [1.807, 2.05) is 26.0 Å². The molecule has 0 saturated carbocycles. The molecule has 0 saturated heterocycles. The third kappa shape index (κ3) is 7.28. The lowest BCUT2D eigenvalue weighted by molar-refractivity contribution is -0.144. The summed E-state index contributed by atoms with van der Waals surface area (Å²) in [6, 6.07) is 7.16. The molecule has 1 aromatic heterocycles. The number of rotatable bonds is 12. The number of ether oxygens (including phenoxy) is 4. The zero-order chi connectivity index (χ0) is 26.8. The summed E-state index contributed by atoms with van der Waals surface area (Å²) in [4.78, 5) is 24.8. The van der Waals surface area contributed by atoms with Gasteiger partial charge in [-0.25, -0.2) is 4.79 Å². The van der Waals surface area contributed by atoms with Crippen molar-refractivity contribution in [1.82, 2.24) is 9.88 Å². The Morgan fingerprint density at radius 2 is 1.69 bits per heavy atom. The van der Waals surface area contributed by atoms with Crippen LogP contribution in [-0.4, -0.2) is 44.4 Å². The molecule has 2 aromatic rings. The molecule has 0 atom stereocenters. The van der Waals surface area contributed by atoms with E-state index in [1.54, 1.807) is 12.1 Å². The van der Waals surface area contributed by atoms with Crippen molar-refractivity contribution in [3.05, 3.63) is 46.3 Å². The Morgan fingerprint density at radius 1 is 1.06 bits per heavy atom. The van der Waals surface area contributed by atoms with Crippen molar-refractivity contribution in [3.8, 4) is 23.3 Å². The predicted molar refractivity (Wildman–Crippen MR) is 136 cm³/mol. The van der Waals surface area contributed by atoms with Crippen LogP contribution in [0.2, 0.25) is 0 Å². The van der Waals surface area contributed by atoms with Gasteiger partial charge in [-0.05, 0) is 50.0 Å². The van der Waals surface area contributed by atoms with Crippen LogP contribution in [0.5, 0.6) is 17.2 Å². The number of hydrogen-bond donors (Lipinski definition) is 1. The van der Waals surface area contributed by atoms with Gasteiger partial charge in [-0.2, -0.15) is 5.26 Å². The van der Waals surface area contributed by atoms with E-state index in [0.29, 0.717) is 28.7 Å². The SMILES string of the molecule is COc1cc(OC)c(OC)cc1CNC(=O)COC(=O)/C(C#N)=C/c1cc(C)n(CCC(C)C)c1C. The Kier molecular flexibility index (Phi) is 10.4. The van der Waals surface area contributed by atoms with Crippen LogP contribution in [0.15, 0.2) is 23.8 Å². The average molecular weight is 498 g/mol. The summed E-state index contributed by atoms with van der Waals surface area (Å²) in [5, 5.41) is 12.2. The molecule has 0 unspecified atom stereocenters. The number of amides is 1. The summed E-state index contributed by atoms with van der Waals surface area (Å²) in [6.07, 6.45) is 2.53. The molecule has 1 heterocycles. The zero-order valence-electron chi connectivity index (χ0n) is 22.1. The molecule has 36 heavy (non-hydrogen) atoms. The fourth-order valence-electron chi connectivity index (χ4n) is 3.68. The lowest BCUT2D eigenvalue weighted by Crippen LogP contribution is -2.28. The van der Waals surface area contributed by atoms with E-state index in [4.69, 9.17) is 18.9 Å². The molecule has 0 aliphatic carbocycles. The first-order valence-electron chi connectivity index (χ1n) is 11.7. The fraction of sp³-hybridized carbons (Fsp3) is 0.444. The number of aromatic nitrogens is 1. The normalized spacial score (nSPS) is 11.1. The van der Waals surface area contributed by atoms with Crippen LogP contribution < -0.4 is 19.5 Å². The highest BCUT2D eigenvalue weighted by molar-refractivity contribution is 5.99. The summed E-state index contributed by atoms with van der Waals surface area (Å²) in [6.45, 7) is 8.73. The maximum atomic E-state index is 12.5. The second kappa shape index (κ2) is 13.2. The minimum atomic E-state index is -0.858. The molecule has 0 spiro atoms. The molecular weight excluding hydrogens is 462 g/mol. The molecule has 0 radical (unpaired) electrons. The maximum Gasteiger partial charge on any atom is 0.349 e. The fourth-order valence-corrected chi connectivity index (χ4v) is 3.68. The van der Waals surface area contributed by atoms with Crippen LogP contribution in [0.25, 0.3) is 6.08 Å². The highest BCUT2D eigenvalue weighted by Crippen LogP contribution is 2.34. The quantitative estimate of drug-likeness (QED) is 0.268. The molecule has 1 N–H and O–H groups in total. The smallest absolute Gasteiger partial charge is 0.349 e. The van der Waals surface area contributed by atoms with Crippen LogP contribution in [0.1, 0.15) is 42.8 Å². The number of methoxy groups -OCH3 is 3. The van der Waals surface area contributed by atoms with Gasteiger partial charge in [0.05, 0.1) is 21.3 Å². The van der Waals surface area contributed by atoms with E-state index in [0.717, 1.165) is 29.9 Å². The highest BCUT2D eigenvalue weighted by atomic mass is 16.5. The van der Waals surface area contributed by atoms with Gasteiger partial charge in [-0.1, -0.05) is 13.8 Å². The first-order valence-corrected chi connectivity index (χ1v) is 11.7. The standard InChI is InChI=1S/C27H35N3O6/c1-17(2)8-9-30-18(3)10-20(19(30)4)11-21(14-28)27(32)36-16-26(31)29-15-22-12-24(34-6)25(35-7)13-23(22)33-5/h10-13,17H,8-9,15-16H2,1-7H3,(H,29,31)/b21-11+. The van der Waals surface area contributed by atoms with Crippen molar-refractivity contribution in [3.63, 3.8) is 0 Å². The van der Waals surface area contributed by atoms with E-state index in [1.165, 1.54) is 27.4 Å². The van der Waals surface area contributed by atoms with E-state index in [-0.39, 0.29) is 12.1 Å². The first kappa shape index (κ1) is 28.3. The third-order valence-electron chi connectivity index (χ3n) is 5.78. The van der Waals surface area contributed by atoms with Crippen LogP contribution >= 0.6 is 0 Å². The topological polar surface area (TPSA) is 112 Å². The molecule has 0 aliphatic rings. The number of aryl methyl sites for hydroxylation is 1.